The van der Waals surface area contributed by atoms with Crippen molar-refractivity contribution < 1.29 is 13.9 Å². The second-order valence-corrected chi connectivity index (χ2v) is 7.93. The van der Waals surface area contributed by atoms with Crippen molar-refractivity contribution in [3.05, 3.63) is 63.2 Å². The third kappa shape index (κ3) is 5.04. The fourth-order valence-corrected chi connectivity index (χ4v) is 3.67. The molecule has 1 unspecified atom stereocenters. The highest BCUT2D eigenvalue weighted by atomic mass is 35.5. The second-order valence-electron chi connectivity index (χ2n) is 7.52. The smallest absolute Gasteiger partial charge is 0.258 e. The summed E-state index contributed by atoms with van der Waals surface area (Å²) in [5.41, 5.74) is 6.46. The predicted molar refractivity (Wildman–Crippen MR) is 117 cm³/mol. The molecule has 0 saturated carbocycles. The van der Waals surface area contributed by atoms with Crippen molar-refractivity contribution >= 4 is 28.4 Å². The molecule has 11 heteroatoms. The van der Waals surface area contributed by atoms with Gasteiger partial charge in [0.15, 0.2) is 0 Å². The summed E-state index contributed by atoms with van der Waals surface area (Å²) in [6, 6.07) is 5.57. The molecule has 1 fully saturated rings. The molecule has 168 valence electrons. The topological polar surface area (TPSA) is 126 Å². The molecular formula is C21H22ClFN6O3. The standard InChI is InChI=1S/C21H22ClFN6O3/c22-15-7-13(1-2-16(15)23)32-11-18-27-20-14(21(31)28-18)3-5-26-17(20)8-25-9-19(30)29-6-4-12(24)10-29/h1-3,5,7,12,25H,4,6,8-11,24H2,(H,27,28,31). The minimum Gasteiger partial charge on any atom is -0.486 e. The highest BCUT2D eigenvalue weighted by Gasteiger charge is 2.23. The lowest BCUT2D eigenvalue weighted by Crippen LogP contribution is -2.38. The molecule has 2 aromatic heterocycles. The number of nitrogens with two attached hydrogens (primary N) is 1. The van der Waals surface area contributed by atoms with Gasteiger partial charge in [-0.2, -0.15) is 0 Å². The van der Waals surface area contributed by atoms with Gasteiger partial charge >= 0.3 is 0 Å². The Morgan fingerprint density at radius 2 is 2.25 bits per heavy atom. The van der Waals surface area contributed by atoms with Crippen molar-refractivity contribution in [2.45, 2.75) is 25.6 Å². The van der Waals surface area contributed by atoms with Gasteiger partial charge in [0.25, 0.3) is 5.56 Å². The number of halogens is 2. The first-order chi connectivity index (χ1) is 15.4. The number of hydrogen-bond acceptors (Lipinski definition) is 7. The Hall–Kier alpha value is -3.08. The number of amides is 1. The maximum Gasteiger partial charge on any atom is 0.258 e. The van der Waals surface area contributed by atoms with Crippen molar-refractivity contribution in [1.29, 1.82) is 0 Å². The van der Waals surface area contributed by atoms with E-state index in [1.165, 1.54) is 24.4 Å². The van der Waals surface area contributed by atoms with Crippen molar-refractivity contribution in [3.63, 3.8) is 0 Å². The number of carbonyl (C=O) groups excluding carboxylic acids is 1. The Balaban J connectivity index is 1.46. The number of ether oxygens (including phenoxy) is 1. The molecule has 3 aromatic rings. The number of carbonyl (C=O) groups is 1. The van der Waals surface area contributed by atoms with Gasteiger partial charge in [-0.25, -0.2) is 9.37 Å². The fraction of sp³-hybridized carbons (Fsp3) is 0.333. The number of rotatable bonds is 7. The van der Waals surface area contributed by atoms with Crippen LogP contribution >= 0.6 is 11.6 Å². The average Bonchev–Trinajstić information content (AvgIpc) is 3.21. The zero-order valence-electron chi connectivity index (χ0n) is 17.1. The number of nitrogens with zero attached hydrogens (tertiary/aromatic N) is 3. The number of aromatic nitrogens is 3. The molecule has 32 heavy (non-hydrogen) atoms. The number of pyridine rings is 1. The number of H-pyrrole nitrogens is 1. The van der Waals surface area contributed by atoms with E-state index in [0.717, 1.165) is 6.42 Å². The SMILES string of the molecule is NC1CCN(C(=O)CNCc2nccc3c(=O)[nH]c(COc4ccc(F)c(Cl)c4)nc23)C1. The molecule has 4 N–H and O–H groups in total. The number of nitrogens with one attached hydrogen (secondary N) is 2. The van der Waals surface area contributed by atoms with Gasteiger partial charge in [0.1, 0.15) is 29.5 Å². The van der Waals surface area contributed by atoms with E-state index in [-0.39, 0.29) is 48.1 Å². The van der Waals surface area contributed by atoms with E-state index in [1.807, 2.05) is 0 Å². The summed E-state index contributed by atoms with van der Waals surface area (Å²) in [4.78, 5) is 38.0. The van der Waals surface area contributed by atoms with Crippen LogP contribution in [0.1, 0.15) is 17.9 Å². The lowest BCUT2D eigenvalue weighted by molar-refractivity contribution is -0.129. The van der Waals surface area contributed by atoms with Crippen molar-refractivity contribution in [1.82, 2.24) is 25.2 Å². The first-order valence-electron chi connectivity index (χ1n) is 10.1. The molecule has 1 saturated heterocycles. The van der Waals surface area contributed by atoms with E-state index in [1.54, 1.807) is 11.0 Å². The van der Waals surface area contributed by atoms with Gasteiger partial charge in [-0.1, -0.05) is 11.6 Å². The van der Waals surface area contributed by atoms with Crippen LogP contribution in [-0.4, -0.2) is 51.4 Å². The Morgan fingerprint density at radius 1 is 1.41 bits per heavy atom. The van der Waals surface area contributed by atoms with Gasteiger partial charge in [0.2, 0.25) is 5.91 Å². The number of fused-ring (bicyclic) bond motifs is 1. The molecule has 3 heterocycles. The van der Waals surface area contributed by atoms with Crippen molar-refractivity contribution in [2.75, 3.05) is 19.6 Å². The van der Waals surface area contributed by atoms with E-state index >= 15 is 0 Å². The Morgan fingerprint density at radius 3 is 3.00 bits per heavy atom. The number of aromatic amines is 1. The molecule has 9 nitrogen and oxygen atoms in total. The summed E-state index contributed by atoms with van der Waals surface area (Å²) in [5.74, 6) is 0.0354. The Kier molecular flexibility index (Phi) is 6.63. The summed E-state index contributed by atoms with van der Waals surface area (Å²) >= 11 is 5.76. The molecule has 1 aliphatic heterocycles. The molecule has 1 aliphatic rings. The third-order valence-corrected chi connectivity index (χ3v) is 5.45. The first kappa shape index (κ1) is 22.1. The molecule has 1 aromatic carbocycles. The van der Waals surface area contributed by atoms with Crippen molar-refractivity contribution in [3.8, 4) is 5.75 Å². The minimum atomic E-state index is -0.550. The number of hydrogen-bond donors (Lipinski definition) is 3. The van der Waals surface area contributed by atoms with Crippen molar-refractivity contribution in [2.24, 2.45) is 5.73 Å². The number of likely N-dealkylation sites (tertiary alicyclic amines) is 1. The summed E-state index contributed by atoms with van der Waals surface area (Å²) in [6.07, 6.45) is 2.33. The number of benzene rings is 1. The summed E-state index contributed by atoms with van der Waals surface area (Å²) < 4.78 is 18.9. The molecule has 0 radical (unpaired) electrons. The van der Waals surface area contributed by atoms with Crippen LogP contribution in [0.4, 0.5) is 4.39 Å². The fourth-order valence-electron chi connectivity index (χ4n) is 3.50. The molecular weight excluding hydrogens is 439 g/mol. The zero-order valence-corrected chi connectivity index (χ0v) is 17.9. The normalized spacial score (nSPS) is 16.0. The predicted octanol–water partition coefficient (Wildman–Crippen LogP) is 1.34. The average molecular weight is 461 g/mol. The van der Waals surface area contributed by atoms with E-state index in [0.29, 0.717) is 35.4 Å². The highest BCUT2D eigenvalue weighted by Crippen LogP contribution is 2.21. The molecule has 4 rings (SSSR count). The van der Waals surface area contributed by atoms with E-state index in [9.17, 15) is 14.0 Å². The maximum absolute atomic E-state index is 13.3. The second kappa shape index (κ2) is 9.60. The zero-order chi connectivity index (χ0) is 22.7. The summed E-state index contributed by atoms with van der Waals surface area (Å²) in [5, 5.41) is 3.38. The van der Waals surface area contributed by atoms with E-state index in [2.05, 4.69) is 20.3 Å². The van der Waals surface area contributed by atoms with Gasteiger partial charge in [0, 0.05) is 37.9 Å². The quantitative estimate of drug-likeness (QED) is 0.485. The molecule has 0 spiro atoms. The summed E-state index contributed by atoms with van der Waals surface area (Å²) in [6.45, 7) is 1.56. The van der Waals surface area contributed by atoms with Gasteiger partial charge in [-0.15, -0.1) is 0 Å². The van der Waals surface area contributed by atoms with Gasteiger partial charge in [-0.05, 0) is 24.6 Å². The Labute approximate surface area is 187 Å². The van der Waals surface area contributed by atoms with Crippen LogP contribution in [0.2, 0.25) is 5.02 Å². The molecule has 0 bridgehead atoms. The lowest BCUT2D eigenvalue weighted by atomic mass is 10.2. The largest absolute Gasteiger partial charge is 0.486 e. The van der Waals surface area contributed by atoms with Crippen LogP contribution in [0.25, 0.3) is 10.9 Å². The first-order valence-corrected chi connectivity index (χ1v) is 10.5. The maximum atomic E-state index is 13.3. The monoisotopic (exact) mass is 460 g/mol. The van der Waals surface area contributed by atoms with E-state index < -0.39 is 5.82 Å². The van der Waals surface area contributed by atoms with Gasteiger partial charge in [-0.3, -0.25) is 14.6 Å². The minimum absolute atomic E-state index is 0.0289. The van der Waals surface area contributed by atoms with E-state index in [4.69, 9.17) is 22.1 Å². The van der Waals surface area contributed by atoms with Crippen LogP contribution in [0, 0.1) is 5.82 Å². The van der Waals surface area contributed by atoms with Crippen LogP contribution < -0.4 is 21.3 Å². The van der Waals surface area contributed by atoms with Gasteiger partial charge in [0.05, 0.1) is 22.6 Å². The highest BCUT2D eigenvalue weighted by molar-refractivity contribution is 6.30. The van der Waals surface area contributed by atoms with Crippen LogP contribution in [-0.2, 0) is 17.9 Å². The Bertz CT molecular complexity index is 1200. The van der Waals surface area contributed by atoms with Gasteiger partial charge < -0.3 is 25.7 Å². The molecule has 0 aliphatic carbocycles. The lowest BCUT2D eigenvalue weighted by Gasteiger charge is -2.16. The molecule has 1 atom stereocenters. The summed E-state index contributed by atoms with van der Waals surface area (Å²) in [7, 11) is 0. The molecule has 1 amide bonds. The van der Waals surface area contributed by atoms with Crippen LogP contribution in [0.5, 0.6) is 5.75 Å². The van der Waals surface area contributed by atoms with Crippen LogP contribution in [0.3, 0.4) is 0 Å². The third-order valence-electron chi connectivity index (χ3n) is 5.16. The van der Waals surface area contributed by atoms with Crippen LogP contribution in [0.15, 0.2) is 35.3 Å².